The molecule has 25 heavy (non-hydrogen) atoms. The van der Waals surface area contributed by atoms with Crippen LogP contribution in [0.5, 0.6) is 0 Å². The summed E-state index contributed by atoms with van der Waals surface area (Å²) in [5.41, 5.74) is 0.532. The lowest BCUT2D eigenvalue weighted by Crippen LogP contribution is -2.24. The van der Waals surface area contributed by atoms with E-state index in [1.54, 1.807) is 6.92 Å². The quantitative estimate of drug-likeness (QED) is 0.391. The van der Waals surface area contributed by atoms with Crippen LogP contribution in [0.15, 0.2) is 11.6 Å². The Kier molecular flexibility index (Phi) is 8.04. The number of ether oxygens (including phenoxy) is 1. The minimum atomic E-state index is -0.360. The zero-order chi connectivity index (χ0) is 19.1. The number of rotatable bonds is 11. The van der Waals surface area contributed by atoms with Gasteiger partial charge in [0.05, 0.1) is 0 Å². The molecule has 0 N–H and O–H groups in total. The molecule has 1 aliphatic heterocycles. The zero-order valence-corrected chi connectivity index (χ0v) is 16.6. The van der Waals surface area contributed by atoms with E-state index in [2.05, 4.69) is 13.0 Å². The summed E-state index contributed by atoms with van der Waals surface area (Å²) in [6, 6.07) is 0. The van der Waals surface area contributed by atoms with Gasteiger partial charge in [0.1, 0.15) is 17.2 Å². The zero-order valence-electron chi connectivity index (χ0n) is 16.6. The van der Waals surface area contributed by atoms with E-state index in [-0.39, 0.29) is 28.6 Å². The average Bonchev–Trinajstić information content (AvgIpc) is 2.83. The Balaban J connectivity index is 2.33. The van der Waals surface area contributed by atoms with Crippen molar-refractivity contribution in [1.82, 2.24) is 0 Å². The number of hydrogen-bond acceptors (Lipinski definition) is 4. The van der Waals surface area contributed by atoms with E-state index >= 15 is 0 Å². The monoisotopic (exact) mass is 350 g/mol. The van der Waals surface area contributed by atoms with Crippen LogP contribution >= 0.6 is 0 Å². The van der Waals surface area contributed by atoms with Crippen LogP contribution in [0.4, 0.5) is 0 Å². The van der Waals surface area contributed by atoms with Gasteiger partial charge in [0, 0.05) is 24.7 Å². The van der Waals surface area contributed by atoms with E-state index in [0.717, 1.165) is 38.5 Å². The predicted octanol–water partition coefficient (Wildman–Crippen LogP) is 4.94. The maximum Gasteiger partial charge on any atom is 0.306 e. The van der Waals surface area contributed by atoms with Gasteiger partial charge in [-0.3, -0.25) is 9.59 Å². The second kappa shape index (κ2) is 9.30. The lowest BCUT2D eigenvalue weighted by molar-refractivity contribution is -0.147. The van der Waals surface area contributed by atoms with Gasteiger partial charge in [-0.1, -0.05) is 25.5 Å². The van der Waals surface area contributed by atoms with Gasteiger partial charge in [0.15, 0.2) is 0 Å². The van der Waals surface area contributed by atoms with E-state index in [1.165, 1.54) is 5.57 Å². The number of carbonyl (C=O) groups excluding carboxylic acids is 3. The van der Waals surface area contributed by atoms with Gasteiger partial charge < -0.3 is 9.53 Å². The minimum Gasteiger partial charge on any atom is -0.459 e. The standard InChI is InChI=1S/C21H34O4/c1-16(8-6-14-21(5)15-12-19(24)25-21)10-11-18(23)20(3,4)13-7-9-17(2)22/h8H,6-7,9-15H2,1-5H3/b16-8+/t21-/m1/s1. The van der Waals surface area contributed by atoms with Crippen LogP contribution in [0, 0.1) is 5.41 Å². The fourth-order valence-electron chi connectivity index (χ4n) is 3.21. The normalized spacial score (nSPS) is 21.3. The fourth-order valence-corrected chi connectivity index (χ4v) is 3.21. The summed E-state index contributed by atoms with van der Waals surface area (Å²) in [5.74, 6) is 0.352. The predicted molar refractivity (Wildman–Crippen MR) is 99.3 cm³/mol. The molecule has 1 aliphatic rings. The van der Waals surface area contributed by atoms with Crippen molar-refractivity contribution in [2.24, 2.45) is 5.41 Å². The van der Waals surface area contributed by atoms with Crippen molar-refractivity contribution in [3.63, 3.8) is 0 Å². The van der Waals surface area contributed by atoms with Crippen molar-refractivity contribution in [2.75, 3.05) is 0 Å². The molecular formula is C21H34O4. The van der Waals surface area contributed by atoms with Crippen LogP contribution in [0.2, 0.25) is 0 Å². The summed E-state index contributed by atoms with van der Waals surface area (Å²) in [7, 11) is 0. The van der Waals surface area contributed by atoms with Gasteiger partial charge in [-0.05, 0) is 59.3 Å². The summed E-state index contributed by atoms with van der Waals surface area (Å²) >= 11 is 0. The molecule has 0 aromatic heterocycles. The van der Waals surface area contributed by atoms with Crippen molar-refractivity contribution in [3.8, 4) is 0 Å². The highest BCUT2D eigenvalue weighted by molar-refractivity contribution is 5.84. The van der Waals surface area contributed by atoms with Gasteiger partial charge in [0.25, 0.3) is 0 Å². The first-order valence-electron chi connectivity index (χ1n) is 9.44. The van der Waals surface area contributed by atoms with E-state index < -0.39 is 0 Å². The van der Waals surface area contributed by atoms with Crippen LogP contribution < -0.4 is 0 Å². The molecule has 0 aromatic carbocycles. The third-order valence-corrected chi connectivity index (χ3v) is 5.22. The maximum absolute atomic E-state index is 12.4. The highest BCUT2D eigenvalue weighted by atomic mass is 16.6. The van der Waals surface area contributed by atoms with Crippen molar-refractivity contribution in [3.05, 3.63) is 11.6 Å². The Morgan fingerprint density at radius 1 is 1.20 bits per heavy atom. The SMILES string of the molecule is CC(=O)CCCC(C)(C)C(=O)CC/C(C)=C/CC[C@]1(C)CCC(=O)O1. The lowest BCUT2D eigenvalue weighted by Gasteiger charge is -2.23. The first-order valence-corrected chi connectivity index (χ1v) is 9.44. The van der Waals surface area contributed by atoms with Crippen LogP contribution in [-0.4, -0.2) is 23.1 Å². The van der Waals surface area contributed by atoms with Crippen molar-refractivity contribution in [2.45, 2.75) is 98.0 Å². The maximum atomic E-state index is 12.4. The number of ketones is 2. The van der Waals surface area contributed by atoms with E-state index in [0.29, 0.717) is 19.3 Å². The molecule has 1 fully saturated rings. The summed E-state index contributed by atoms with van der Waals surface area (Å²) in [4.78, 5) is 34.7. The van der Waals surface area contributed by atoms with Gasteiger partial charge in [-0.2, -0.15) is 0 Å². The molecule has 0 aliphatic carbocycles. The molecule has 142 valence electrons. The molecule has 1 rings (SSSR count). The van der Waals surface area contributed by atoms with Crippen molar-refractivity contribution < 1.29 is 19.1 Å². The minimum absolute atomic E-state index is 0.0965. The van der Waals surface area contributed by atoms with E-state index in [9.17, 15) is 14.4 Å². The molecule has 0 saturated carbocycles. The number of carbonyl (C=O) groups is 3. The van der Waals surface area contributed by atoms with Gasteiger partial charge in [-0.15, -0.1) is 0 Å². The smallest absolute Gasteiger partial charge is 0.306 e. The molecule has 4 nitrogen and oxygen atoms in total. The number of esters is 1. The number of allylic oxidation sites excluding steroid dienone is 2. The molecule has 0 bridgehead atoms. The first kappa shape index (κ1) is 21.6. The van der Waals surface area contributed by atoms with Gasteiger partial charge in [-0.25, -0.2) is 0 Å². The van der Waals surface area contributed by atoms with E-state index in [1.807, 2.05) is 20.8 Å². The largest absolute Gasteiger partial charge is 0.459 e. The number of Topliss-reactive ketones (excluding diaryl/α,β-unsaturated/α-hetero) is 2. The summed E-state index contributed by atoms with van der Waals surface area (Å²) in [6.07, 6.45) is 8.59. The molecule has 4 heteroatoms. The third kappa shape index (κ3) is 7.98. The second-order valence-corrected chi connectivity index (χ2v) is 8.38. The first-order chi connectivity index (χ1) is 11.5. The van der Waals surface area contributed by atoms with Crippen molar-refractivity contribution >= 4 is 17.5 Å². The third-order valence-electron chi connectivity index (χ3n) is 5.22. The molecule has 0 amide bonds. The molecular weight excluding hydrogens is 316 g/mol. The molecule has 1 heterocycles. The molecule has 0 unspecified atom stereocenters. The highest BCUT2D eigenvalue weighted by Crippen LogP contribution is 2.31. The van der Waals surface area contributed by atoms with Gasteiger partial charge in [0.2, 0.25) is 0 Å². The van der Waals surface area contributed by atoms with Crippen LogP contribution in [-0.2, 0) is 19.1 Å². The Bertz CT molecular complexity index is 530. The molecule has 1 atom stereocenters. The second-order valence-electron chi connectivity index (χ2n) is 8.38. The van der Waals surface area contributed by atoms with Crippen LogP contribution in [0.3, 0.4) is 0 Å². The van der Waals surface area contributed by atoms with Crippen LogP contribution in [0.1, 0.15) is 92.4 Å². The van der Waals surface area contributed by atoms with E-state index in [4.69, 9.17) is 4.74 Å². The highest BCUT2D eigenvalue weighted by Gasteiger charge is 2.34. The molecule has 1 saturated heterocycles. The van der Waals surface area contributed by atoms with Gasteiger partial charge >= 0.3 is 5.97 Å². The molecule has 0 spiro atoms. The Hall–Kier alpha value is -1.45. The summed E-state index contributed by atoms with van der Waals surface area (Å²) in [5, 5.41) is 0. The Labute approximate surface area is 152 Å². The Morgan fingerprint density at radius 2 is 1.88 bits per heavy atom. The molecule has 0 aromatic rings. The molecule has 0 radical (unpaired) electrons. The average molecular weight is 350 g/mol. The fraction of sp³-hybridized carbons (Fsp3) is 0.762. The van der Waals surface area contributed by atoms with Crippen LogP contribution in [0.25, 0.3) is 0 Å². The lowest BCUT2D eigenvalue weighted by atomic mass is 9.80. The number of hydrogen-bond donors (Lipinski definition) is 0. The number of cyclic esters (lactones) is 1. The summed E-state index contributed by atoms with van der Waals surface area (Å²) < 4.78 is 5.38. The topological polar surface area (TPSA) is 60.4 Å². The summed E-state index contributed by atoms with van der Waals surface area (Å²) in [6.45, 7) is 9.59. The van der Waals surface area contributed by atoms with Crippen molar-refractivity contribution in [1.29, 1.82) is 0 Å². The Morgan fingerprint density at radius 3 is 2.44 bits per heavy atom.